The van der Waals surface area contributed by atoms with Gasteiger partial charge in [0.1, 0.15) is 18.9 Å². The summed E-state index contributed by atoms with van der Waals surface area (Å²) in [5.74, 6) is 0.536. The van der Waals surface area contributed by atoms with Crippen LogP contribution in [0.5, 0.6) is 0 Å². The lowest BCUT2D eigenvalue weighted by molar-refractivity contribution is -0.141. The fourth-order valence-electron chi connectivity index (χ4n) is 1.87. The van der Waals surface area contributed by atoms with Crippen molar-refractivity contribution >= 4 is 29.9 Å². The molecule has 0 bridgehead atoms. The van der Waals surface area contributed by atoms with Crippen LogP contribution < -0.4 is 5.73 Å². The zero-order chi connectivity index (χ0) is 14.6. The van der Waals surface area contributed by atoms with Crippen LogP contribution >= 0.6 is 24.0 Å². The number of alkyl halides is 3. The molecule has 2 rings (SSSR count). The van der Waals surface area contributed by atoms with Crippen LogP contribution in [-0.4, -0.2) is 52.9 Å². The summed E-state index contributed by atoms with van der Waals surface area (Å²) >= 11 is 0. The first-order valence-electron chi connectivity index (χ1n) is 6.15. The minimum atomic E-state index is -4.28. The molecule has 0 saturated carbocycles. The minimum absolute atomic E-state index is 0. The summed E-state index contributed by atoms with van der Waals surface area (Å²) in [5, 5.41) is 0. The van der Waals surface area contributed by atoms with E-state index in [1.54, 1.807) is 0 Å². The second kappa shape index (κ2) is 7.82. The molecule has 0 atom stereocenters. The van der Waals surface area contributed by atoms with Gasteiger partial charge in [0.05, 0.1) is 13.2 Å². The Hall–Kier alpha value is -1.04. The van der Waals surface area contributed by atoms with E-state index in [1.165, 1.54) is 12.4 Å². The molecule has 21 heavy (non-hydrogen) atoms. The molecule has 6 nitrogen and oxygen atoms in total. The third-order valence-corrected chi connectivity index (χ3v) is 2.87. The first-order valence-corrected chi connectivity index (χ1v) is 6.15. The Morgan fingerprint density at radius 3 is 2.67 bits per heavy atom. The lowest BCUT2D eigenvalue weighted by Gasteiger charge is -2.27. The average Bonchev–Trinajstić information content (AvgIpc) is 2.82. The number of aliphatic imine (C=N–C) groups is 1. The van der Waals surface area contributed by atoms with Gasteiger partial charge in [0.15, 0.2) is 5.96 Å². The van der Waals surface area contributed by atoms with Crippen molar-refractivity contribution < 1.29 is 17.9 Å². The number of nitrogens with zero attached hydrogens (tertiary/aromatic N) is 4. The number of ether oxygens (including phenoxy) is 1. The summed E-state index contributed by atoms with van der Waals surface area (Å²) < 4.78 is 43.3. The van der Waals surface area contributed by atoms with Gasteiger partial charge in [-0.3, -0.25) is 0 Å². The topological polar surface area (TPSA) is 68.7 Å². The largest absolute Gasteiger partial charge is 0.406 e. The van der Waals surface area contributed by atoms with Crippen molar-refractivity contribution in [2.45, 2.75) is 19.3 Å². The van der Waals surface area contributed by atoms with Crippen molar-refractivity contribution in [2.75, 3.05) is 26.3 Å². The van der Waals surface area contributed by atoms with E-state index in [0.717, 1.165) is 4.57 Å². The van der Waals surface area contributed by atoms with Gasteiger partial charge in [-0.15, -0.1) is 24.0 Å². The van der Waals surface area contributed by atoms with Crippen LogP contribution in [0.15, 0.2) is 17.4 Å². The lowest BCUT2D eigenvalue weighted by Crippen LogP contribution is -2.44. The van der Waals surface area contributed by atoms with E-state index in [9.17, 15) is 13.2 Å². The molecule has 0 aliphatic carbocycles. The van der Waals surface area contributed by atoms with Crippen molar-refractivity contribution in [2.24, 2.45) is 10.7 Å². The second-order valence-corrected chi connectivity index (χ2v) is 4.36. The van der Waals surface area contributed by atoms with E-state index in [1.807, 2.05) is 4.90 Å². The number of nitrogens with two attached hydrogens (primary N) is 1. The molecular weight excluding hydrogens is 402 g/mol. The summed E-state index contributed by atoms with van der Waals surface area (Å²) in [4.78, 5) is 9.80. The fraction of sp³-hybridized carbons (Fsp3) is 0.636. The molecule has 10 heteroatoms. The maximum absolute atomic E-state index is 12.4. The zero-order valence-electron chi connectivity index (χ0n) is 11.2. The van der Waals surface area contributed by atoms with Gasteiger partial charge in [-0.25, -0.2) is 9.98 Å². The highest BCUT2D eigenvalue weighted by molar-refractivity contribution is 14.0. The van der Waals surface area contributed by atoms with E-state index in [-0.39, 0.29) is 36.3 Å². The highest BCUT2D eigenvalue weighted by atomic mass is 127. The van der Waals surface area contributed by atoms with Gasteiger partial charge < -0.3 is 19.9 Å². The molecule has 1 aliphatic heterocycles. The maximum Gasteiger partial charge on any atom is 0.406 e. The third kappa shape index (κ3) is 5.69. The molecule has 1 aromatic heterocycles. The Morgan fingerprint density at radius 1 is 1.38 bits per heavy atom. The Kier molecular flexibility index (Phi) is 6.71. The van der Waals surface area contributed by atoms with Gasteiger partial charge in [-0.05, 0) is 0 Å². The van der Waals surface area contributed by atoms with E-state index >= 15 is 0 Å². The van der Waals surface area contributed by atoms with Crippen LogP contribution in [0.3, 0.4) is 0 Å². The Labute approximate surface area is 137 Å². The molecule has 0 radical (unpaired) electrons. The highest BCUT2D eigenvalue weighted by Gasteiger charge is 2.28. The molecule has 1 saturated heterocycles. The predicted molar refractivity (Wildman–Crippen MR) is 81.4 cm³/mol. The molecule has 0 spiro atoms. The molecule has 1 aliphatic rings. The number of aromatic nitrogens is 2. The van der Waals surface area contributed by atoms with E-state index in [4.69, 9.17) is 10.5 Å². The Balaban J connectivity index is 0.00000220. The quantitative estimate of drug-likeness (QED) is 0.455. The van der Waals surface area contributed by atoms with E-state index in [0.29, 0.717) is 32.3 Å². The van der Waals surface area contributed by atoms with Crippen molar-refractivity contribution in [1.29, 1.82) is 0 Å². The fourth-order valence-corrected chi connectivity index (χ4v) is 1.87. The van der Waals surface area contributed by atoms with Crippen molar-refractivity contribution in [3.05, 3.63) is 18.2 Å². The zero-order valence-corrected chi connectivity index (χ0v) is 13.5. The van der Waals surface area contributed by atoms with E-state index in [2.05, 4.69) is 9.98 Å². The molecule has 0 unspecified atom stereocenters. The monoisotopic (exact) mass is 419 g/mol. The SMILES string of the molecule is I.NC(=NCc1nccn1CC(F)(F)F)N1CCOCC1. The summed E-state index contributed by atoms with van der Waals surface area (Å²) in [7, 11) is 0. The molecule has 1 fully saturated rings. The normalized spacial score (nSPS) is 16.7. The van der Waals surface area contributed by atoms with Gasteiger partial charge in [0.25, 0.3) is 0 Å². The van der Waals surface area contributed by atoms with Gasteiger partial charge >= 0.3 is 6.18 Å². The number of rotatable bonds is 3. The van der Waals surface area contributed by atoms with Gasteiger partial charge in [-0.2, -0.15) is 13.2 Å². The molecular formula is C11H17F3IN5O. The highest BCUT2D eigenvalue weighted by Crippen LogP contribution is 2.18. The molecule has 0 amide bonds. The van der Waals surface area contributed by atoms with E-state index < -0.39 is 12.7 Å². The Morgan fingerprint density at radius 2 is 2.05 bits per heavy atom. The smallest absolute Gasteiger partial charge is 0.378 e. The number of hydrogen-bond donors (Lipinski definition) is 1. The standard InChI is InChI=1S/C11H16F3N5O.HI/c12-11(13,14)8-19-2-1-16-9(19)7-17-10(15)18-3-5-20-6-4-18;/h1-2H,3-8H2,(H2,15,17);1H. The molecule has 2 N–H and O–H groups in total. The van der Waals surface area contributed by atoms with Gasteiger partial charge in [0.2, 0.25) is 0 Å². The third-order valence-electron chi connectivity index (χ3n) is 2.87. The Bertz CT molecular complexity index is 471. The van der Waals surface area contributed by atoms with Crippen LogP contribution in [0.25, 0.3) is 0 Å². The summed E-state index contributed by atoms with van der Waals surface area (Å²) in [6.07, 6.45) is -1.68. The van der Waals surface area contributed by atoms with Crippen LogP contribution in [0.4, 0.5) is 13.2 Å². The summed E-state index contributed by atoms with van der Waals surface area (Å²) in [5.41, 5.74) is 5.80. The van der Waals surface area contributed by atoms with Crippen LogP contribution in [0, 0.1) is 0 Å². The minimum Gasteiger partial charge on any atom is -0.378 e. The number of imidazole rings is 1. The number of morpholine rings is 1. The molecule has 0 aromatic carbocycles. The lowest BCUT2D eigenvalue weighted by atomic mass is 10.4. The number of hydrogen-bond acceptors (Lipinski definition) is 3. The summed E-state index contributed by atoms with van der Waals surface area (Å²) in [6.45, 7) is 1.35. The van der Waals surface area contributed by atoms with Crippen molar-refractivity contribution in [3.8, 4) is 0 Å². The predicted octanol–water partition coefficient (Wildman–Crippen LogP) is 1.21. The van der Waals surface area contributed by atoms with Crippen LogP contribution in [0.2, 0.25) is 0 Å². The van der Waals surface area contributed by atoms with Crippen molar-refractivity contribution in [1.82, 2.24) is 14.5 Å². The summed E-state index contributed by atoms with van der Waals surface area (Å²) in [6, 6.07) is 0. The van der Waals surface area contributed by atoms with Gasteiger partial charge in [-0.1, -0.05) is 0 Å². The first-order chi connectivity index (χ1) is 9.46. The molecule has 1 aromatic rings. The van der Waals surface area contributed by atoms with Crippen LogP contribution in [0.1, 0.15) is 5.82 Å². The van der Waals surface area contributed by atoms with Crippen molar-refractivity contribution in [3.63, 3.8) is 0 Å². The number of guanidine groups is 1. The molecule has 120 valence electrons. The number of halogens is 4. The second-order valence-electron chi connectivity index (χ2n) is 4.36. The first kappa shape index (κ1) is 18.0. The van der Waals surface area contributed by atoms with Gasteiger partial charge in [0, 0.05) is 25.5 Å². The average molecular weight is 419 g/mol. The van der Waals surface area contributed by atoms with Crippen LogP contribution in [-0.2, 0) is 17.8 Å². The maximum atomic E-state index is 12.4. The molecule has 2 heterocycles.